The second-order valence-corrected chi connectivity index (χ2v) is 5.98. The van der Waals surface area contributed by atoms with Gasteiger partial charge in [-0.15, -0.1) is 0 Å². The SMILES string of the molecule is COc1cccc(C(=N)/N=C(/Nc2ccncc2F)c2[nH]ccc2C2CO2)n1. The van der Waals surface area contributed by atoms with Gasteiger partial charge in [-0.25, -0.2) is 14.4 Å². The van der Waals surface area contributed by atoms with Gasteiger partial charge in [0.1, 0.15) is 11.8 Å². The van der Waals surface area contributed by atoms with E-state index < -0.39 is 5.82 Å². The molecule has 1 aliphatic heterocycles. The van der Waals surface area contributed by atoms with Crippen molar-refractivity contribution in [2.45, 2.75) is 6.10 Å². The van der Waals surface area contributed by atoms with E-state index in [4.69, 9.17) is 14.9 Å². The van der Waals surface area contributed by atoms with Gasteiger partial charge in [0.25, 0.3) is 0 Å². The van der Waals surface area contributed by atoms with Crippen molar-refractivity contribution in [2.24, 2.45) is 4.99 Å². The van der Waals surface area contributed by atoms with Crippen molar-refractivity contribution in [1.82, 2.24) is 15.0 Å². The minimum atomic E-state index is -0.531. The molecular formula is C19H17FN6O2. The number of rotatable bonds is 5. The fraction of sp³-hybridized carbons (Fsp3) is 0.158. The molecule has 0 saturated carbocycles. The van der Waals surface area contributed by atoms with E-state index in [2.05, 4.69) is 25.3 Å². The third kappa shape index (κ3) is 3.74. The fourth-order valence-electron chi connectivity index (χ4n) is 2.66. The summed E-state index contributed by atoms with van der Waals surface area (Å²) >= 11 is 0. The number of pyridine rings is 2. The number of methoxy groups -OCH3 is 1. The molecule has 142 valence electrons. The number of hydrogen-bond acceptors (Lipinski definition) is 5. The van der Waals surface area contributed by atoms with Gasteiger partial charge < -0.3 is 19.8 Å². The summed E-state index contributed by atoms with van der Waals surface area (Å²) < 4.78 is 24.6. The summed E-state index contributed by atoms with van der Waals surface area (Å²) in [5, 5.41) is 11.3. The second kappa shape index (κ2) is 7.57. The van der Waals surface area contributed by atoms with Crippen LogP contribution in [0.3, 0.4) is 0 Å². The number of aliphatic imine (C=N–C) groups is 1. The number of epoxide rings is 1. The summed E-state index contributed by atoms with van der Waals surface area (Å²) in [7, 11) is 1.50. The minimum absolute atomic E-state index is 0.0420. The van der Waals surface area contributed by atoms with Crippen molar-refractivity contribution in [2.75, 3.05) is 19.0 Å². The molecule has 3 aromatic rings. The van der Waals surface area contributed by atoms with Gasteiger partial charge in [0.2, 0.25) is 5.88 Å². The molecule has 0 spiro atoms. The Kier molecular flexibility index (Phi) is 4.81. The number of nitrogens with zero attached hydrogens (tertiary/aromatic N) is 3. The van der Waals surface area contributed by atoms with Crippen LogP contribution in [0.5, 0.6) is 5.88 Å². The van der Waals surface area contributed by atoms with Crippen LogP contribution < -0.4 is 10.1 Å². The van der Waals surface area contributed by atoms with Crippen LogP contribution in [-0.2, 0) is 4.74 Å². The summed E-state index contributed by atoms with van der Waals surface area (Å²) in [6, 6.07) is 8.42. The van der Waals surface area contributed by atoms with Gasteiger partial charge in [-0.3, -0.25) is 10.4 Å². The molecule has 8 nitrogen and oxygen atoms in total. The Morgan fingerprint density at radius 1 is 1.39 bits per heavy atom. The number of amidine groups is 2. The monoisotopic (exact) mass is 380 g/mol. The molecule has 28 heavy (non-hydrogen) atoms. The van der Waals surface area contributed by atoms with E-state index in [0.717, 1.165) is 11.8 Å². The number of ether oxygens (including phenoxy) is 2. The number of hydrogen-bond donors (Lipinski definition) is 3. The topological polar surface area (TPSA) is 112 Å². The molecule has 1 unspecified atom stereocenters. The lowest BCUT2D eigenvalue weighted by Gasteiger charge is -2.12. The zero-order chi connectivity index (χ0) is 19.5. The van der Waals surface area contributed by atoms with Crippen LogP contribution in [0.2, 0.25) is 0 Å². The van der Waals surface area contributed by atoms with Crippen LogP contribution in [0.4, 0.5) is 10.1 Å². The first-order chi connectivity index (χ1) is 13.7. The number of anilines is 1. The van der Waals surface area contributed by atoms with Crippen LogP contribution >= 0.6 is 0 Å². The quantitative estimate of drug-likeness (QED) is 0.358. The second-order valence-electron chi connectivity index (χ2n) is 5.98. The molecule has 0 bridgehead atoms. The molecule has 4 rings (SSSR count). The van der Waals surface area contributed by atoms with Crippen LogP contribution in [-0.4, -0.2) is 40.3 Å². The summed E-state index contributed by atoms with van der Waals surface area (Å²) in [6.45, 7) is 0.608. The molecule has 9 heteroatoms. The van der Waals surface area contributed by atoms with E-state index in [-0.39, 0.29) is 23.5 Å². The van der Waals surface area contributed by atoms with E-state index in [9.17, 15) is 4.39 Å². The molecule has 3 N–H and O–H groups in total. The Hall–Kier alpha value is -3.59. The molecule has 1 saturated heterocycles. The standard InChI is InChI=1S/C19H17FN6O2/c1-27-16-4-2-3-14(24-16)18(21)26-19(25-13-6-7-22-9-12(13)20)17-11(5-8-23-17)15-10-28-15/h2-9,15,23H,10H2,1H3,(H2,21,22,25,26). The molecule has 1 aliphatic rings. The Balaban J connectivity index is 1.73. The third-order valence-corrected chi connectivity index (χ3v) is 4.12. The van der Waals surface area contributed by atoms with Crippen LogP contribution in [0, 0.1) is 11.2 Å². The van der Waals surface area contributed by atoms with Crippen molar-refractivity contribution in [3.05, 3.63) is 71.7 Å². The first-order valence-corrected chi connectivity index (χ1v) is 8.50. The van der Waals surface area contributed by atoms with Gasteiger partial charge in [-0.2, -0.15) is 0 Å². The van der Waals surface area contributed by atoms with Gasteiger partial charge in [0.05, 0.1) is 31.3 Å². The highest BCUT2D eigenvalue weighted by molar-refractivity contribution is 6.15. The largest absolute Gasteiger partial charge is 0.481 e. The number of H-pyrrole nitrogens is 1. The van der Waals surface area contributed by atoms with Crippen molar-refractivity contribution in [3.63, 3.8) is 0 Å². The van der Waals surface area contributed by atoms with Crippen LogP contribution in [0.15, 0.2) is 53.9 Å². The highest BCUT2D eigenvalue weighted by Crippen LogP contribution is 2.32. The predicted octanol–water partition coefficient (Wildman–Crippen LogP) is 2.91. The van der Waals surface area contributed by atoms with Gasteiger partial charge >= 0.3 is 0 Å². The highest BCUT2D eigenvalue weighted by Gasteiger charge is 2.30. The minimum Gasteiger partial charge on any atom is -0.481 e. The lowest BCUT2D eigenvalue weighted by atomic mass is 10.1. The molecule has 1 atom stereocenters. The first-order valence-electron chi connectivity index (χ1n) is 8.50. The van der Waals surface area contributed by atoms with E-state index in [1.807, 2.05) is 6.07 Å². The van der Waals surface area contributed by atoms with Crippen molar-refractivity contribution in [3.8, 4) is 5.88 Å². The Labute approximate surface area is 160 Å². The maximum Gasteiger partial charge on any atom is 0.213 e. The van der Waals surface area contributed by atoms with E-state index >= 15 is 0 Å². The first kappa shape index (κ1) is 17.8. The van der Waals surface area contributed by atoms with Gasteiger partial charge in [-0.1, -0.05) is 6.07 Å². The maximum absolute atomic E-state index is 14.1. The summed E-state index contributed by atoms with van der Waals surface area (Å²) in [5.74, 6) is 0.0134. The van der Waals surface area contributed by atoms with E-state index in [0.29, 0.717) is 23.9 Å². The van der Waals surface area contributed by atoms with E-state index in [1.54, 1.807) is 24.4 Å². The Morgan fingerprint density at radius 2 is 2.25 bits per heavy atom. The van der Waals surface area contributed by atoms with Gasteiger partial charge in [0.15, 0.2) is 17.5 Å². The summed E-state index contributed by atoms with van der Waals surface area (Å²) in [5.41, 5.74) is 2.01. The van der Waals surface area contributed by atoms with Crippen LogP contribution in [0.25, 0.3) is 0 Å². The Bertz CT molecular complexity index is 1040. The number of nitrogens with one attached hydrogen (secondary N) is 3. The number of aromatic amines is 1. The molecule has 0 amide bonds. The number of aromatic nitrogens is 3. The molecule has 3 aromatic heterocycles. The van der Waals surface area contributed by atoms with E-state index in [1.165, 1.54) is 19.4 Å². The zero-order valence-corrected chi connectivity index (χ0v) is 14.9. The van der Waals surface area contributed by atoms with Crippen molar-refractivity contribution < 1.29 is 13.9 Å². The average Bonchev–Trinajstić information content (AvgIpc) is 3.45. The summed E-state index contributed by atoms with van der Waals surface area (Å²) in [6.07, 6.45) is 4.28. The average molecular weight is 380 g/mol. The Morgan fingerprint density at radius 3 is 3.00 bits per heavy atom. The normalized spacial score (nSPS) is 15.9. The molecule has 0 radical (unpaired) electrons. The molecule has 4 heterocycles. The number of halogens is 1. The lowest BCUT2D eigenvalue weighted by Crippen LogP contribution is -2.19. The van der Waals surface area contributed by atoms with Crippen molar-refractivity contribution >= 4 is 17.4 Å². The predicted molar refractivity (Wildman–Crippen MR) is 101 cm³/mol. The van der Waals surface area contributed by atoms with Crippen LogP contribution in [0.1, 0.15) is 23.1 Å². The maximum atomic E-state index is 14.1. The van der Waals surface area contributed by atoms with Gasteiger partial charge in [-0.05, 0) is 18.2 Å². The smallest absolute Gasteiger partial charge is 0.213 e. The fourth-order valence-corrected chi connectivity index (χ4v) is 2.66. The summed E-state index contributed by atoms with van der Waals surface area (Å²) in [4.78, 5) is 15.4. The lowest BCUT2D eigenvalue weighted by molar-refractivity contribution is 0.397. The molecular weight excluding hydrogens is 363 g/mol. The van der Waals surface area contributed by atoms with Crippen molar-refractivity contribution in [1.29, 1.82) is 5.41 Å². The zero-order valence-electron chi connectivity index (χ0n) is 14.9. The third-order valence-electron chi connectivity index (χ3n) is 4.12. The molecule has 1 fully saturated rings. The molecule has 0 aromatic carbocycles. The molecule has 0 aliphatic carbocycles. The highest BCUT2D eigenvalue weighted by atomic mass is 19.1. The van der Waals surface area contributed by atoms with Gasteiger partial charge in [0, 0.05) is 24.0 Å².